The molecule has 1 atom stereocenters. The van der Waals surface area contributed by atoms with E-state index in [2.05, 4.69) is 43.4 Å². The van der Waals surface area contributed by atoms with E-state index in [0.29, 0.717) is 0 Å². The van der Waals surface area contributed by atoms with Gasteiger partial charge in [-0.3, -0.25) is 4.79 Å². The fraction of sp³-hybridized carbons (Fsp3) is 0.316. The van der Waals surface area contributed by atoms with Gasteiger partial charge in [0.15, 0.2) is 0 Å². The molecule has 3 heteroatoms. The van der Waals surface area contributed by atoms with Crippen molar-refractivity contribution in [3.8, 4) is 0 Å². The van der Waals surface area contributed by atoms with E-state index >= 15 is 0 Å². The van der Waals surface area contributed by atoms with Gasteiger partial charge < -0.3 is 10.2 Å². The summed E-state index contributed by atoms with van der Waals surface area (Å²) in [5, 5.41) is 3.34. The van der Waals surface area contributed by atoms with Crippen LogP contribution in [0.4, 0.5) is 11.4 Å². The average molecular weight is 294 g/mol. The number of anilines is 2. The number of fused-ring (bicyclic) bond motifs is 1. The van der Waals surface area contributed by atoms with E-state index in [1.54, 1.807) is 0 Å². The first-order valence-electron chi connectivity index (χ1n) is 7.79. The van der Waals surface area contributed by atoms with Crippen molar-refractivity contribution in [3.63, 3.8) is 0 Å². The Morgan fingerprint density at radius 2 is 1.82 bits per heavy atom. The largest absolute Gasteiger partial charge is 0.374 e. The summed E-state index contributed by atoms with van der Waals surface area (Å²) in [5.41, 5.74) is 5.73. The first kappa shape index (κ1) is 14.6. The van der Waals surface area contributed by atoms with Crippen molar-refractivity contribution in [1.82, 2.24) is 0 Å². The summed E-state index contributed by atoms with van der Waals surface area (Å²) in [6.07, 6.45) is 0.943. The molecule has 0 saturated heterocycles. The Hall–Kier alpha value is -2.29. The number of aryl methyl sites for hydroxylation is 2. The van der Waals surface area contributed by atoms with Crippen molar-refractivity contribution >= 4 is 17.3 Å². The maximum Gasteiger partial charge on any atom is 0.249 e. The summed E-state index contributed by atoms with van der Waals surface area (Å²) in [5.74, 6) is 0.129. The van der Waals surface area contributed by atoms with Gasteiger partial charge in [-0.15, -0.1) is 0 Å². The monoisotopic (exact) mass is 294 g/mol. The minimum Gasteiger partial charge on any atom is -0.374 e. The van der Waals surface area contributed by atoms with Gasteiger partial charge in [-0.1, -0.05) is 24.3 Å². The molecule has 0 aromatic heterocycles. The molecule has 0 saturated carbocycles. The van der Waals surface area contributed by atoms with Crippen LogP contribution in [0.1, 0.15) is 23.6 Å². The Kier molecular flexibility index (Phi) is 3.88. The van der Waals surface area contributed by atoms with Gasteiger partial charge >= 0.3 is 0 Å². The summed E-state index contributed by atoms with van der Waals surface area (Å²) < 4.78 is 0. The highest BCUT2D eigenvalue weighted by Crippen LogP contribution is 2.28. The van der Waals surface area contributed by atoms with Crippen LogP contribution >= 0.6 is 0 Å². The average Bonchev–Trinajstić information content (AvgIpc) is 2.89. The van der Waals surface area contributed by atoms with Crippen LogP contribution in [0.3, 0.4) is 0 Å². The Balaban J connectivity index is 1.75. The topological polar surface area (TPSA) is 32.3 Å². The van der Waals surface area contributed by atoms with Crippen molar-refractivity contribution in [1.29, 1.82) is 0 Å². The summed E-state index contributed by atoms with van der Waals surface area (Å²) in [6, 6.07) is 14.2. The smallest absolute Gasteiger partial charge is 0.249 e. The molecule has 114 valence electrons. The lowest BCUT2D eigenvalue weighted by molar-refractivity contribution is -0.118. The number of nitrogens with zero attached hydrogens (tertiary/aromatic N) is 1. The van der Waals surface area contributed by atoms with Crippen LogP contribution in [0.15, 0.2) is 42.5 Å². The third-order valence-corrected chi connectivity index (χ3v) is 4.13. The second-order valence-electron chi connectivity index (χ2n) is 6.11. The van der Waals surface area contributed by atoms with Gasteiger partial charge in [0.2, 0.25) is 5.91 Å². The number of nitrogens with one attached hydrogen (secondary N) is 1. The van der Waals surface area contributed by atoms with Crippen LogP contribution in [0, 0.1) is 13.8 Å². The number of rotatable bonds is 3. The van der Waals surface area contributed by atoms with Gasteiger partial charge in [-0.05, 0) is 62.1 Å². The molecule has 0 radical (unpaired) electrons. The number of hydrogen-bond donors (Lipinski definition) is 1. The molecule has 1 N–H and O–H groups in total. The fourth-order valence-corrected chi connectivity index (χ4v) is 3.17. The molecule has 3 rings (SSSR count). The van der Waals surface area contributed by atoms with Gasteiger partial charge in [0.1, 0.15) is 6.04 Å². The van der Waals surface area contributed by atoms with Crippen molar-refractivity contribution in [3.05, 3.63) is 59.2 Å². The highest BCUT2D eigenvalue weighted by Gasteiger charge is 2.27. The van der Waals surface area contributed by atoms with E-state index in [1.165, 1.54) is 16.7 Å². The van der Waals surface area contributed by atoms with Gasteiger partial charge in [-0.25, -0.2) is 0 Å². The first-order chi connectivity index (χ1) is 10.5. The SMILES string of the molecule is Cc1cc(C)cc(N[C@H](C)C(=O)N2CCc3ccccc32)c1. The minimum absolute atomic E-state index is 0.129. The fourth-order valence-electron chi connectivity index (χ4n) is 3.17. The standard InChI is InChI=1S/C19H22N2O/c1-13-10-14(2)12-17(11-13)20-15(3)19(22)21-9-8-16-6-4-5-7-18(16)21/h4-7,10-12,15,20H,8-9H2,1-3H3/t15-/m1/s1. The summed E-state index contributed by atoms with van der Waals surface area (Å²) in [4.78, 5) is 14.6. The second-order valence-corrected chi connectivity index (χ2v) is 6.11. The lowest BCUT2D eigenvalue weighted by atomic mass is 10.1. The minimum atomic E-state index is -0.243. The molecular formula is C19H22N2O. The Labute approximate surface area is 132 Å². The lowest BCUT2D eigenvalue weighted by Crippen LogP contribution is -2.40. The van der Waals surface area contributed by atoms with E-state index in [1.807, 2.05) is 30.0 Å². The van der Waals surface area contributed by atoms with Gasteiger partial charge in [-0.2, -0.15) is 0 Å². The molecule has 2 aromatic carbocycles. The molecule has 0 aliphatic carbocycles. The zero-order valence-corrected chi connectivity index (χ0v) is 13.4. The Morgan fingerprint density at radius 3 is 2.55 bits per heavy atom. The van der Waals surface area contributed by atoms with E-state index in [9.17, 15) is 4.79 Å². The maximum atomic E-state index is 12.7. The number of benzene rings is 2. The van der Waals surface area contributed by atoms with Crippen molar-refractivity contribution in [2.24, 2.45) is 0 Å². The Bertz CT molecular complexity index is 688. The molecule has 1 aliphatic rings. The lowest BCUT2D eigenvalue weighted by Gasteiger charge is -2.23. The molecule has 2 aromatic rings. The van der Waals surface area contributed by atoms with Crippen LogP contribution in [0.5, 0.6) is 0 Å². The number of carbonyl (C=O) groups is 1. The van der Waals surface area contributed by atoms with Crippen LogP contribution in [0.2, 0.25) is 0 Å². The number of para-hydroxylation sites is 1. The summed E-state index contributed by atoms with van der Waals surface area (Å²) in [6.45, 7) is 6.85. The third kappa shape index (κ3) is 2.84. The van der Waals surface area contributed by atoms with Gasteiger partial charge in [0, 0.05) is 17.9 Å². The molecule has 0 unspecified atom stereocenters. The molecular weight excluding hydrogens is 272 g/mol. The predicted molar refractivity (Wildman–Crippen MR) is 91.5 cm³/mol. The zero-order chi connectivity index (χ0) is 15.7. The quantitative estimate of drug-likeness (QED) is 0.936. The first-order valence-corrected chi connectivity index (χ1v) is 7.79. The van der Waals surface area contributed by atoms with Crippen molar-refractivity contribution in [2.45, 2.75) is 33.2 Å². The summed E-state index contributed by atoms with van der Waals surface area (Å²) >= 11 is 0. The predicted octanol–water partition coefficient (Wildman–Crippen LogP) is 3.69. The zero-order valence-electron chi connectivity index (χ0n) is 13.4. The van der Waals surface area contributed by atoms with E-state index in [-0.39, 0.29) is 11.9 Å². The molecule has 0 bridgehead atoms. The third-order valence-electron chi connectivity index (χ3n) is 4.13. The van der Waals surface area contributed by atoms with Crippen LogP contribution in [-0.2, 0) is 11.2 Å². The van der Waals surface area contributed by atoms with E-state index < -0.39 is 0 Å². The van der Waals surface area contributed by atoms with Crippen LogP contribution in [0.25, 0.3) is 0 Å². The van der Waals surface area contributed by atoms with Crippen molar-refractivity contribution in [2.75, 3.05) is 16.8 Å². The highest BCUT2D eigenvalue weighted by atomic mass is 16.2. The maximum absolute atomic E-state index is 12.7. The molecule has 22 heavy (non-hydrogen) atoms. The van der Waals surface area contributed by atoms with E-state index in [4.69, 9.17) is 0 Å². The van der Waals surface area contributed by atoms with Gasteiger partial charge in [0.25, 0.3) is 0 Å². The second kappa shape index (κ2) is 5.84. The molecule has 1 amide bonds. The van der Waals surface area contributed by atoms with Crippen molar-refractivity contribution < 1.29 is 4.79 Å². The summed E-state index contributed by atoms with van der Waals surface area (Å²) in [7, 11) is 0. The van der Waals surface area contributed by atoms with Crippen LogP contribution < -0.4 is 10.2 Å². The molecule has 1 aliphatic heterocycles. The normalized spacial score (nSPS) is 14.6. The number of carbonyl (C=O) groups excluding carboxylic acids is 1. The molecule has 0 fully saturated rings. The molecule has 3 nitrogen and oxygen atoms in total. The van der Waals surface area contributed by atoms with Crippen LogP contribution in [-0.4, -0.2) is 18.5 Å². The Morgan fingerprint density at radius 1 is 1.14 bits per heavy atom. The van der Waals surface area contributed by atoms with Gasteiger partial charge in [0.05, 0.1) is 0 Å². The number of amides is 1. The number of hydrogen-bond acceptors (Lipinski definition) is 2. The van der Waals surface area contributed by atoms with E-state index in [0.717, 1.165) is 24.3 Å². The molecule has 1 heterocycles. The highest BCUT2D eigenvalue weighted by molar-refractivity contribution is 6.00. The molecule has 0 spiro atoms.